The second-order valence-corrected chi connectivity index (χ2v) is 8.02. The fourth-order valence-corrected chi connectivity index (χ4v) is 4.66. The molecule has 2 saturated heterocycles. The van der Waals surface area contributed by atoms with Crippen molar-refractivity contribution in [2.24, 2.45) is 5.92 Å². The lowest BCUT2D eigenvalue weighted by Gasteiger charge is -2.44. The molecule has 7 heteroatoms. The number of carbonyl (C=O) groups excluding carboxylic acids is 1. The highest BCUT2D eigenvalue weighted by Gasteiger charge is 2.32. The molecule has 1 aromatic heterocycles. The molecule has 1 N–H and O–H groups in total. The zero-order valence-electron chi connectivity index (χ0n) is 17.1. The molecule has 0 bridgehead atoms. The molecular formula is C22H30N4O3. The first-order valence-corrected chi connectivity index (χ1v) is 10.7. The van der Waals surface area contributed by atoms with Crippen LogP contribution >= 0.6 is 0 Å². The highest BCUT2D eigenvalue weighted by atomic mass is 16.5. The quantitative estimate of drug-likeness (QED) is 0.772. The summed E-state index contributed by atoms with van der Waals surface area (Å²) < 4.78 is 10.7. The molecule has 156 valence electrons. The summed E-state index contributed by atoms with van der Waals surface area (Å²) >= 11 is 0. The summed E-state index contributed by atoms with van der Waals surface area (Å²) in [6.07, 6.45) is 7.16. The predicted molar refractivity (Wildman–Crippen MR) is 110 cm³/mol. The maximum absolute atomic E-state index is 12.4. The third kappa shape index (κ3) is 4.78. The van der Waals surface area contributed by atoms with Crippen LogP contribution in [-0.2, 0) is 11.2 Å². The zero-order valence-corrected chi connectivity index (χ0v) is 17.1. The number of fused-ring (bicyclic) bond motifs is 1. The van der Waals surface area contributed by atoms with E-state index in [4.69, 9.17) is 9.26 Å². The van der Waals surface area contributed by atoms with E-state index in [1.54, 1.807) is 7.11 Å². The Balaban J connectivity index is 1.26. The minimum atomic E-state index is 0.0509. The van der Waals surface area contributed by atoms with Crippen molar-refractivity contribution in [3.63, 3.8) is 0 Å². The van der Waals surface area contributed by atoms with Gasteiger partial charge in [0, 0.05) is 25.4 Å². The van der Waals surface area contributed by atoms with Gasteiger partial charge in [-0.05, 0) is 56.8 Å². The van der Waals surface area contributed by atoms with Gasteiger partial charge in [0.25, 0.3) is 0 Å². The van der Waals surface area contributed by atoms with Crippen molar-refractivity contribution in [2.45, 2.75) is 51.0 Å². The highest BCUT2D eigenvalue weighted by molar-refractivity contribution is 5.76. The minimum Gasteiger partial charge on any atom is -0.496 e. The number of nitrogens with zero attached hydrogens (tertiary/aromatic N) is 3. The van der Waals surface area contributed by atoms with Crippen molar-refractivity contribution in [1.29, 1.82) is 0 Å². The molecule has 0 saturated carbocycles. The van der Waals surface area contributed by atoms with Crippen molar-refractivity contribution in [2.75, 3.05) is 26.7 Å². The van der Waals surface area contributed by atoms with E-state index in [0.717, 1.165) is 12.1 Å². The molecule has 2 aliphatic rings. The fraction of sp³-hybridized carbons (Fsp3) is 0.591. The van der Waals surface area contributed by atoms with Crippen molar-refractivity contribution < 1.29 is 14.1 Å². The van der Waals surface area contributed by atoms with Gasteiger partial charge in [0.1, 0.15) is 5.75 Å². The summed E-state index contributed by atoms with van der Waals surface area (Å²) in [6, 6.07) is 8.19. The van der Waals surface area contributed by atoms with E-state index in [-0.39, 0.29) is 5.91 Å². The Morgan fingerprint density at radius 3 is 3.00 bits per heavy atom. The highest BCUT2D eigenvalue weighted by Crippen LogP contribution is 2.30. The molecule has 2 aliphatic heterocycles. The Kier molecular flexibility index (Phi) is 6.44. The second kappa shape index (κ2) is 9.39. The standard InChI is InChI=1S/C22H30N4O3/c1-28-19-10-3-2-8-17(19)22-24-21(29-25-22)12-11-20(27)23-15-16-7-6-14-26-13-5-4-9-18(16)26/h2-3,8,10,16,18H,4-7,9,11-15H2,1H3,(H,23,27)/t16-,18+/m1/s1. The van der Waals surface area contributed by atoms with E-state index < -0.39 is 0 Å². The molecule has 2 fully saturated rings. The predicted octanol–water partition coefficient (Wildman–Crippen LogP) is 3.06. The molecule has 0 aliphatic carbocycles. The molecule has 0 radical (unpaired) electrons. The van der Waals surface area contributed by atoms with Gasteiger partial charge in [0.15, 0.2) is 0 Å². The van der Waals surface area contributed by atoms with Gasteiger partial charge in [0.2, 0.25) is 17.6 Å². The molecule has 1 aromatic carbocycles. The van der Waals surface area contributed by atoms with Crippen molar-refractivity contribution >= 4 is 5.91 Å². The molecule has 7 nitrogen and oxygen atoms in total. The van der Waals surface area contributed by atoms with Gasteiger partial charge in [-0.2, -0.15) is 4.98 Å². The second-order valence-electron chi connectivity index (χ2n) is 8.02. The Morgan fingerprint density at radius 2 is 2.10 bits per heavy atom. The summed E-state index contributed by atoms with van der Waals surface area (Å²) in [5.41, 5.74) is 0.781. The zero-order chi connectivity index (χ0) is 20.1. The van der Waals surface area contributed by atoms with Gasteiger partial charge in [-0.3, -0.25) is 4.79 Å². The van der Waals surface area contributed by atoms with Crippen LogP contribution in [0.3, 0.4) is 0 Å². The third-order valence-electron chi connectivity index (χ3n) is 6.17. The summed E-state index contributed by atoms with van der Waals surface area (Å²) in [5, 5.41) is 7.17. The van der Waals surface area contributed by atoms with Crippen molar-refractivity contribution in [3.8, 4) is 17.1 Å². The normalized spacial score (nSPS) is 22.1. The number of amides is 1. The number of methoxy groups -OCH3 is 1. The third-order valence-corrected chi connectivity index (χ3v) is 6.17. The largest absolute Gasteiger partial charge is 0.496 e. The number of aromatic nitrogens is 2. The van der Waals surface area contributed by atoms with Crippen LogP contribution in [-0.4, -0.2) is 53.7 Å². The Labute approximate surface area is 171 Å². The Morgan fingerprint density at radius 1 is 1.24 bits per heavy atom. The van der Waals surface area contributed by atoms with Crippen LogP contribution in [0, 0.1) is 5.92 Å². The average Bonchev–Trinajstić information content (AvgIpc) is 3.25. The molecule has 2 aromatic rings. The summed E-state index contributed by atoms with van der Waals surface area (Å²) in [5.74, 6) is 2.28. The van der Waals surface area contributed by atoms with Gasteiger partial charge in [0.05, 0.1) is 12.7 Å². The Bertz CT molecular complexity index is 820. The number of para-hydroxylation sites is 1. The van der Waals surface area contributed by atoms with Crippen LogP contribution in [0.1, 0.15) is 44.4 Å². The van der Waals surface area contributed by atoms with E-state index in [1.165, 1.54) is 45.2 Å². The van der Waals surface area contributed by atoms with Crippen LogP contribution in [0.2, 0.25) is 0 Å². The molecule has 2 atom stereocenters. The lowest BCUT2D eigenvalue weighted by Crippen LogP contribution is -2.51. The molecule has 0 spiro atoms. The Hall–Kier alpha value is -2.41. The van der Waals surface area contributed by atoms with Crippen LogP contribution in [0.15, 0.2) is 28.8 Å². The smallest absolute Gasteiger partial charge is 0.227 e. The van der Waals surface area contributed by atoms with E-state index in [2.05, 4.69) is 20.4 Å². The number of hydrogen-bond acceptors (Lipinski definition) is 6. The van der Waals surface area contributed by atoms with Gasteiger partial charge in [-0.25, -0.2) is 0 Å². The first kappa shape index (κ1) is 19.9. The summed E-state index contributed by atoms with van der Waals surface area (Å²) in [4.78, 5) is 19.4. The number of benzene rings is 1. The topological polar surface area (TPSA) is 80.5 Å². The van der Waals surface area contributed by atoms with Crippen LogP contribution in [0.5, 0.6) is 5.75 Å². The number of rotatable bonds is 7. The molecular weight excluding hydrogens is 368 g/mol. The summed E-state index contributed by atoms with van der Waals surface area (Å²) in [7, 11) is 1.61. The number of piperidine rings is 2. The van der Waals surface area contributed by atoms with Crippen molar-refractivity contribution in [3.05, 3.63) is 30.2 Å². The SMILES string of the molecule is COc1ccccc1-c1noc(CCC(=O)NC[C@H]2CCCN3CCCC[C@@H]23)n1. The van der Waals surface area contributed by atoms with Gasteiger partial charge < -0.3 is 19.5 Å². The van der Waals surface area contributed by atoms with Crippen LogP contribution in [0.25, 0.3) is 11.4 Å². The molecule has 4 rings (SSSR count). The summed E-state index contributed by atoms with van der Waals surface area (Å²) in [6.45, 7) is 3.22. The van der Waals surface area contributed by atoms with Crippen molar-refractivity contribution in [1.82, 2.24) is 20.4 Å². The van der Waals surface area contributed by atoms with Gasteiger partial charge in [-0.1, -0.05) is 23.7 Å². The van der Waals surface area contributed by atoms with E-state index in [1.807, 2.05) is 24.3 Å². The number of aryl methyl sites for hydroxylation is 1. The number of hydrogen-bond donors (Lipinski definition) is 1. The van der Waals surface area contributed by atoms with Gasteiger partial charge in [-0.15, -0.1) is 0 Å². The molecule has 3 heterocycles. The first-order valence-electron chi connectivity index (χ1n) is 10.7. The van der Waals surface area contributed by atoms with Gasteiger partial charge >= 0.3 is 0 Å². The lowest BCUT2D eigenvalue weighted by molar-refractivity contribution is -0.121. The van der Waals surface area contributed by atoms with Crippen LogP contribution < -0.4 is 10.1 Å². The number of nitrogens with one attached hydrogen (secondary N) is 1. The minimum absolute atomic E-state index is 0.0509. The van der Waals surface area contributed by atoms with Crippen LogP contribution in [0.4, 0.5) is 0 Å². The molecule has 0 unspecified atom stereocenters. The number of carbonyl (C=O) groups is 1. The maximum Gasteiger partial charge on any atom is 0.227 e. The number of ether oxygens (including phenoxy) is 1. The molecule has 29 heavy (non-hydrogen) atoms. The van der Waals surface area contributed by atoms with E-state index >= 15 is 0 Å². The van der Waals surface area contributed by atoms with E-state index in [9.17, 15) is 4.79 Å². The fourth-order valence-electron chi connectivity index (χ4n) is 4.66. The first-order chi connectivity index (χ1) is 14.2. The lowest BCUT2D eigenvalue weighted by atomic mass is 9.83. The monoisotopic (exact) mass is 398 g/mol. The maximum atomic E-state index is 12.4. The average molecular weight is 399 g/mol. The molecule has 1 amide bonds. The van der Waals surface area contributed by atoms with E-state index in [0.29, 0.717) is 42.3 Å².